The minimum atomic E-state index is 0.413. The molecule has 0 fully saturated rings. The summed E-state index contributed by atoms with van der Waals surface area (Å²) in [6, 6.07) is 4.18. The van der Waals surface area contributed by atoms with E-state index in [4.69, 9.17) is 4.74 Å². The average molecular weight is 226 g/mol. The van der Waals surface area contributed by atoms with Crippen LogP contribution in [0.5, 0.6) is 5.75 Å². The fraction of sp³-hybridized carbons (Fsp3) is 0.222. The molecule has 0 aliphatic carbocycles. The van der Waals surface area contributed by atoms with Crippen LogP contribution >= 0.6 is 0 Å². The van der Waals surface area contributed by atoms with Crippen LogP contribution in [0.4, 0.5) is 0 Å². The van der Waals surface area contributed by atoms with Gasteiger partial charge in [0.25, 0.3) is 0 Å². The van der Waals surface area contributed by atoms with Gasteiger partial charge >= 0.3 is 76.6 Å². The van der Waals surface area contributed by atoms with Crippen LogP contribution in [0, 0.1) is 6.92 Å². The molecule has 0 aliphatic heterocycles. The van der Waals surface area contributed by atoms with E-state index >= 15 is 0 Å². The first kappa shape index (κ1) is 7.84. The van der Waals surface area contributed by atoms with Crippen molar-refractivity contribution in [3.8, 4) is 5.75 Å². The molecule has 0 amide bonds. The Morgan fingerprint density at radius 3 is 3.00 bits per heavy atom. The van der Waals surface area contributed by atoms with Gasteiger partial charge in [0, 0.05) is 0 Å². The van der Waals surface area contributed by atoms with Crippen molar-refractivity contribution in [3.05, 3.63) is 22.8 Å². The summed E-state index contributed by atoms with van der Waals surface area (Å²) in [5.41, 5.74) is 2.28. The summed E-state index contributed by atoms with van der Waals surface area (Å²) in [7, 11) is 1.71. The summed E-state index contributed by atoms with van der Waals surface area (Å²) in [5, 5.41) is 2.00. The van der Waals surface area contributed by atoms with E-state index in [1.54, 1.807) is 7.11 Å². The molecule has 0 bridgehead atoms. The van der Waals surface area contributed by atoms with Crippen molar-refractivity contribution in [2.45, 2.75) is 6.92 Å². The Labute approximate surface area is 76.9 Å². The molecule has 0 unspecified atom stereocenters. The first-order valence-corrected chi connectivity index (χ1v) is 5.53. The Morgan fingerprint density at radius 1 is 1.42 bits per heavy atom. The van der Waals surface area contributed by atoms with Crippen molar-refractivity contribution in [2.75, 3.05) is 7.11 Å². The van der Waals surface area contributed by atoms with E-state index in [2.05, 4.69) is 17.1 Å². The Kier molecular flexibility index (Phi) is 1.91. The van der Waals surface area contributed by atoms with Gasteiger partial charge in [-0.15, -0.1) is 0 Å². The number of aromatic nitrogens is 1. The molecule has 1 heterocycles. The monoisotopic (exact) mass is 227 g/mol. The number of ether oxygens (including phenoxy) is 1. The molecule has 1 aromatic heterocycles. The zero-order chi connectivity index (χ0) is 8.55. The Hall–Kier alpha value is -0.791. The van der Waals surface area contributed by atoms with E-state index in [0.717, 1.165) is 16.8 Å². The predicted molar refractivity (Wildman–Crippen MR) is 50.0 cm³/mol. The molecule has 0 spiro atoms. The first-order chi connectivity index (χ1) is 5.81. The van der Waals surface area contributed by atoms with Gasteiger partial charge in [0.05, 0.1) is 0 Å². The third kappa shape index (κ3) is 1.15. The van der Waals surface area contributed by atoms with Crippen LogP contribution in [0.15, 0.2) is 17.2 Å². The molecular formula is C9H9NOSe. The van der Waals surface area contributed by atoms with Crippen LogP contribution in [0.2, 0.25) is 0 Å². The normalized spacial score (nSPS) is 10.5. The molecule has 2 rings (SSSR count). The van der Waals surface area contributed by atoms with E-state index in [9.17, 15) is 0 Å². The SMILES string of the molecule is COc1cc2[se]cnc2cc1C. The van der Waals surface area contributed by atoms with Crippen molar-refractivity contribution in [1.29, 1.82) is 0 Å². The van der Waals surface area contributed by atoms with Crippen molar-refractivity contribution < 1.29 is 4.74 Å². The predicted octanol–water partition coefficient (Wildman–Crippen LogP) is 1.61. The molecule has 0 aliphatic rings. The van der Waals surface area contributed by atoms with Crippen LogP contribution < -0.4 is 4.74 Å². The summed E-state index contributed by atoms with van der Waals surface area (Å²) >= 11 is 0.413. The summed E-state index contributed by atoms with van der Waals surface area (Å²) < 4.78 is 6.55. The second kappa shape index (κ2) is 2.92. The van der Waals surface area contributed by atoms with Gasteiger partial charge < -0.3 is 0 Å². The van der Waals surface area contributed by atoms with E-state index < -0.39 is 0 Å². The Balaban J connectivity index is 2.73. The molecule has 2 nitrogen and oxygen atoms in total. The standard InChI is InChI=1S/C9H9NOSe/c1-6-3-7-9(12-5-10-7)4-8(6)11-2/h3-5H,1-2H3. The van der Waals surface area contributed by atoms with Crippen LogP contribution in [0.3, 0.4) is 0 Å². The second-order valence-corrected chi connectivity index (χ2v) is 4.50. The third-order valence-electron chi connectivity index (χ3n) is 1.85. The molecular weight excluding hydrogens is 217 g/mol. The molecule has 62 valence electrons. The van der Waals surface area contributed by atoms with Gasteiger partial charge in [-0.25, -0.2) is 0 Å². The fourth-order valence-electron chi connectivity index (χ4n) is 1.21. The van der Waals surface area contributed by atoms with E-state index in [1.165, 1.54) is 4.26 Å². The van der Waals surface area contributed by atoms with Crippen LogP contribution in [0.1, 0.15) is 5.56 Å². The van der Waals surface area contributed by atoms with Crippen LogP contribution in [0.25, 0.3) is 9.78 Å². The van der Waals surface area contributed by atoms with Gasteiger partial charge in [-0.3, -0.25) is 0 Å². The van der Waals surface area contributed by atoms with Gasteiger partial charge in [0.1, 0.15) is 0 Å². The number of rotatable bonds is 1. The molecule has 1 aromatic carbocycles. The molecule has 0 saturated carbocycles. The maximum atomic E-state index is 5.22. The first-order valence-electron chi connectivity index (χ1n) is 3.69. The quantitative estimate of drug-likeness (QED) is 0.689. The topological polar surface area (TPSA) is 22.1 Å². The van der Waals surface area contributed by atoms with E-state index in [1.807, 2.05) is 12.0 Å². The summed E-state index contributed by atoms with van der Waals surface area (Å²) in [6.45, 7) is 2.04. The van der Waals surface area contributed by atoms with Gasteiger partial charge in [-0.1, -0.05) is 0 Å². The molecule has 0 radical (unpaired) electrons. The zero-order valence-corrected chi connectivity index (χ0v) is 8.71. The number of methoxy groups -OCH3 is 1. The molecule has 12 heavy (non-hydrogen) atoms. The second-order valence-electron chi connectivity index (χ2n) is 2.64. The number of benzene rings is 1. The summed E-state index contributed by atoms with van der Waals surface area (Å²) in [5.74, 6) is 0.973. The molecule has 0 N–H and O–H groups in total. The molecule has 2 aromatic rings. The van der Waals surface area contributed by atoms with Crippen molar-refractivity contribution >= 4 is 24.3 Å². The van der Waals surface area contributed by atoms with Crippen LogP contribution in [-0.4, -0.2) is 26.6 Å². The van der Waals surface area contributed by atoms with E-state index in [-0.39, 0.29) is 0 Å². The van der Waals surface area contributed by atoms with Crippen molar-refractivity contribution in [1.82, 2.24) is 4.98 Å². The Bertz CT molecular complexity index is 408. The number of nitrogens with zero attached hydrogens (tertiary/aromatic N) is 1. The third-order valence-corrected chi connectivity index (χ3v) is 3.51. The summed E-state index contributed by atoms with van der Waals surface area (Å²) in [4.78, 5) is 4.28. The van der Waals surface area contributed by atoms with Gasteiger partial charge in [0.2, 0.25) is 0 Å². The molecule has 3 heteroatoms. The maximum absolute atomic E-state index is 5.22. The summed E-state index contributed by atoms with van der Waals surface area (Å²) in [6.07, 6.45) is 0. The van der Waals surface area contributed by atoms with Crippen molar-refractivity contribution in [3.63, 3.8) is 0 Å². The zero-order valence-electron chi connectivity index (χ0n) is 7.00. The van der Waals surface area contributed by atoms with Gasteiger partial charge in [-0.05, 0) is 0 Å². The number of fused-ring (bicyclic) bond motifs is 1. The minimum absolute atomic E-state index is 0.413. The average Bonchev–Trinajstić information content (AvgIpc) is 2.49. The Morgan fingerprint density at radius 2 is 2.25 bits per heavy atom. The fourth-order valence-corrected chi connectivity index (χ4v) is 2.65. The van der Waals surface area contributed by atoms with Crippen LogP contribution in [-0.2, 0) is 0 Å². The molecule has 0 atom stereocenters. The number of hydrogen-bond donors (Lipinski definition) is 0. The number of aryl methyl sites for hydroxylation is 1. The van der Waals surface area contributed by atoms with Gasteiger partial charge in [0.15, 0.2) is 0 Å². The van der Waals surface area contributed by atoms with Gasteiger partial charge in [-0.2, -0.15) is 0 Å². The van der Waals surface area contributed by atoms with E-state index in [0.29, 0.717) is 14.5 Å². The van der Waals surface area contributed by atoms with Crippen molar-refractivity contribution in [2.24, 2.45) is 0 Å². The molecule has 0 saturated heterocycles. The number of hydrogen-bond acceptors (Lipinski definition) is 2.